The molecule has 0 radical (unpaired) electrons. The highest BCUT2D eigenvalue weighted by atomic mass is 32.2. The van der Waals surface area contributed by atoms with Crippen molar-refractivity contribution in [1.82, 2.24) is 5.32 Å². The van der Waals surface area contributed by atoms with Gasteiger partial charge in [0.2, 0.25) is 5.91 Å². The fourth-order valence-corrected chi connectivity index (χ4v) is 4.99. The van der Waals surface area contributed by atoms with E-state index in [1.165, 1.54) is 11.8 Å². The summed E-state index contributed by atoms with van der Waals surface area (Å²) in [5, 5.41) is 3.04. The maximum Gasteiger partial charge on any atom is 0.265 e. The molecule has 3 aromatic rings. The molecule has 0 aliphatic carbocycles. The second kappa shape index (κ2) is 12.0. The Hall–Kier alpha value is -3.51. The lowest BCUT2D eigenvalue weighted by atomic mass is 10.1. The summed E-state index contributed by atoms with van der Waals surface area (Å²) >= 11 is 1.44. The van der Waals surface area contributed by atoms with Crippen molar-refractivity contribution in [2.24, 2.45) is 0 Å². The van der Waals surface area contributed by atoms with Crippen molar-refractivity contribution in [3.63, 3.8) is 0 Å². The van der Waals surface area contributed by atoms with Crippen molar-refractivity contribution >= 4 is 35.3 Å². The number of amides is 2. The van der Waals surface area contributed by atoms with Gasteiger partial charge in [0.25, 0.3) is 5.91 Å². The first kappa shape index (κ1) is 25.6. The van der Waals surface area contributed by atoms with Crippen LogP contribution in [0.2, 0.25) is 0 Å². The predicted molar refractivity (Wildman–Crippen MR) is 147 cm³/mol. The zero-order valence-electron chi connectivity index (χ0n) is 21.0. The Morgan fingerprint density at radius 1 is 1.06 bits per heavy atom. The first-order valence-corrected chi connectivity index (χ1v) is 13.2. The number of aryl methyl sites for hydroxylation is 1. The monoisotopic (exact) mass is 500 g/mol. The Morgan fingerprint density at radius 3 is 2.50 bits per heavy atom. The average molecular weight is 501 g/mol. The molecule has 0 spiro atoms. The van der Waals surface area contributed by atoms with Crippen LogP contribution in [0.4, 0.5) is 5.69 Å². The van der Waals surface area contributed by atoms with Gasteiger partial charge in [0.05, 0.1) is 23.2 Å². The molecule has 0 fully saturated rings. The van der Waals surface area contributed by atoms with Crippen LogP contribution in [0.25, 0.3) is 6.08 Å². The number of ether oxygens (including phenoxy) is 1. The Morgan fingerprint density at radius 2 is 1.78 bits per heavy atom. The molecule has 1 heterocycles. The van der Waals surface area contributed by atoms with E-state index in [9.17, 15) is 9.59 Å². The summed E-state index contributed by atoms with van der Waals surface area (Å²) in [5.41, 5.74) is 3.85. The quantitative estimate of drug-likeness (QED) is 0.268. The Balaban J connectivity index is 1.46. The molecular formula is C30H32N2O3S. The Bertz CT molecular complexity index is 1240. The highest BCUT2D eigenvalue weighted by Crippen LogP contribution is 2.42. The van der Waals surface area contributed by atoms with Gasteiger partial charge in [-0.05, 0) is 61.7 Å². The van der Waals surface area contributed by atoms with Crippen LogP contribution in [-0.4, -0.2) is 25.0 Å². The SMILES string of the molecule is CCCCOc1ccc(C(C)NC(=O)CN2C(=O)C(=Cc3ccc(C)cc3)Sc3ccccc32)cc1. The van der Waals surface area contributed by atoms with Crippen LogP contribution >= 0.6 is 11.8 Å². The number of carbonyl (C=O) groups excluding carboxylic acids is 2. The maximum absolute atomic E-state index is 13.4. The lowest BCUT2D eigenvalue weighted by Crippen LogP contribution is -2.43. The summed E-state index contributed by atoms with van der Waals surface area (Å²) in [6.45, 7) is 6.75. The molecular weight excluding hydrogens is 468 g/mol. The minimum Gasteiger partial charge on any atom is -0.494 e. The van der Waals surface area contributed by atoms with Crippen LogP contribution < -0.4 is 15.0 Å². The standard InChI is InChI=1S/C30H32N2O3S/c1-4-5-18-35-25-16-14-24(15-17-25)22(3)31-29(33)20-32-26-8-6-7-9-27(26)36-28(30(32)34)19-23-12-10-21(2)11-13-23/h6-17,19,22H,4-5,18,20H2,1-3H3,(H,31,33). The van der Waals surface area contributed by atoms with E-state index >= 15 is 0 Å². The number of nitrogens with one attached hydrogen (secondary N) is 1. The predicted octanol–water partition coefficient (Wildman–Crippen LogP) is 6.53. The van der Waals surface area contributed by atoms with E-state index < -0.39 is 0 Å². The second-order valence-electron chi connectivity index (χ2n) is 8.94. The van der Waals surface area contributed by atoms with E-state index in [1.807, 2.05) is 92.7 Å². The van der Waals surface area contributed by atoms with Gasteiger partial charge in [-0.15, -0.1) is 0 Å². The summed E-state index contributed by atoms with van der Waals surface area (Å²) in [7, 11) is 0. The fraction of sp³-hybridized carbons (Fsp3) is 0.267. The zero-order chi connectivity index (χ0) is 25.5. The molecule has 186 valence electrons. The number of hydrogen-bond acceptors (Lipinski definition) is 4. The number of fused-ring (bicyclic) bond motifs is 1. The van der Waals surface area contributed by atoms with E-state index in [0.717, 1.165) is 45.9 Å². The van der Waals surface area contributed by atoms with Gasteiger partial charge in [0.15, 0.2) is 0 Å². The molecule has 6 heteroatoms. The molecule has 1 aliphatic rings. The van der Waals surface area contributed by atoms with Crippen molar-refractivity contribution in [2.75, 3.05) is 18.1 Å². The van der Waals surface area contributed by atoms with Gasteiger partial charge in [0, 0.05) is 4.90 Å². The van der Waals surface area contributed by atoms with Crippen LogP contribution in [0, 0.1) is 6.92 Å². The summed E-state index contributed by atoms with van der Waals surface area (Å²) < 4.78 is 5.73. The topological polar surface area (TPSA) is 58.6 Å². The van der Waals surface area contributed by atoms with Crippen LogP contribution in [-0.2, 0) is 9.59 Å². The molecule has 5 nitrogen and oxygen atoms in total. The third-order valence-corrected chi connectivity index (χ3v) is 7.11. The van der Waals surface area contributed by atoms with E-state index in [2.05, 4.69) is 12.2 Å². The van der Waals surface area contributed by atoms with Gasteiger partial charge in [-0.2, -0.15) is 0 Å². The highest BCUT2D eigenvalue weighted by Gasteiger charge is 2.30. The minimum atomic E-state index is -0.212. The van der Waals surface area contributed by atoms with Gasteiger partial charge in [-0.25, -0.2) is 0 Å². The lowest BCUT2D eigenvalue weighted by molar-refractivity contribution is -0.122. The normalized spacial score (nSPS) is 14.9. The van der Waals surface area contributed by atoms with Crippen LogP contribution in [0.3, 0.4) is 0 Å². The Labute approximate surface area is 217 Å². The highest BCUT2D eigenvalue weighted by molar-refractivity contribution is 8.04. The smallest absolute Gasteiger partial charge is 0.265 e. The molecule has 0 bridgehead atoms. The van der Waals surface area contributed by atoms with Crippen molar-refractivity contribution in [1.29, 1.82) is 0 Å². The molecule has 0 aromatic heterocycles. The van der Waals surface area contributed by atoms with Gasteiger partial charge < -0.3 is 10.1 Å². The second-order valence-corrected chi connectivity index (χ2v) is 10.0. The maximum atomic E-state index is 13.4. The summed E-state index contributed by atoms with van der Waals surface area (Å²) in [6, 6.07) is 23.3. The minimum absolute atomic E-state index is 0.0514. The van der Waals surface area contributed by atoms with Gasteiger partial charge in [-0.3, -0.25) is 14.5 Å². The number of carbonyl (C=O) groups is 2. The zero-order valence-corrected chi connectivity index (χ0v) is 21.8. The average Bonchev–Trinajstić information content (AvgIpc) is 2.88. The number of unbranched alkanes of at least 4 members (excludes halogenated alkanes) is 1. The van der Waals surface area contributed by atoms with E-state index in [1.54, 1.807) is 4.90 Å². The largest absolute Gasteiger partial charge is 0.494 e. The fourth-order valence-electron chi connectivity index (χ4n) is 3.93. The van der Waals surface area contributed by atoms with Gasteiger partial charge in [-0.1, -0.05) is 79.2 Å². The molecule has 1 unspecified atom stereocenters. The number of para-hydroxylation sites is 1. The van der Waals surface area contributed by atoms with Crippen LogP contribution in [0.15, 0.2) is 82.6 Å². The van der Waals surface area contributed by atoms with Crippen LogP contribution in [0.5, 0.6) is 5.75 Å². The lowest BCUT2D eigenvalue weighted by Gasteiger charge is -2.30. The number of rotatable bonds is 9. The number of anilines is 1. The molecule has 1 aliphatic heterocycles. The van der Waals surface area contributed by atoms with E-state index in [-0.39, 0.29) is 24.4 Å². The van der Waals surface area contributed by atoms with Crippen LogP contribution in [0.1, 0.15) is 49.4 Å². The molecule has 2 amide bonds. The van der Waals surface area contributed by atoms with Crippen molar-refractivity contribution in [2.45, 2.75) is 44.6 Å². The number of benzene rings is 3. The number of thioether (sulfide) groups is 1. The molecule has 1 N–H and O–H groups in total. The summed E-state index contributed by atoms with van der Waals surface area (Å²) in [6.07, 6.45) is 4.00. The number of nitrogens with zero attached hydrogens (tertiary/aromatic N) is 1. The molecule has 0 saturated carbocycles. The van der Waals surface area contributed by atoms with E-state index in [4.69, 9.17) is 4.74 Å². The van der Waals surface area contributed by atoms with Crippen molar-refractivity contribution in [3.05, 3.63) is 94.4 Å². The van der Waals surface area contributed by atoms with E-state index in [0.29, 0.717) is 11.5 Å². The third-order valence-electron chi connectivity index (χ3n) is 6.03. The Kier molecular flexibility index (Phi) is 8.49. The summed E-state index contributed by atoms with van der Waals surface area (Å²) in [5.74, 6) is 0.442. The molecule has 4 rings (SSSR count). The first-order valence-electron chi connectivity index (χ1n) is 12.3. The molecule has 36 heavy (non-hydrogen) atoms. The van der Waals surface area contributed by atoms with Gasteiger partial charge >= 0.3 is 0 Å². The van der Waals surface area contributed by atoms with Crippen molar-refractivity contribution < 1.29 is 14.3 Å². The van der Waals surface area contributed by atoms with Crippen molar-refractivity contribution in [3.8, 4) is 5.75 Å². The first-order chi connectivity index (χ1) is 17.4. The molecule has 1 atom stereocenters. The number of hydrogen-bond donors (Lipinski definition) is 1. The third kappa shape index (κ3) is 6.38. The summed E-state index contributed by atoms with van der Waals surface area (Å²) in [4.78, 5) is 29.6. The molecule has 3 aromatic carbocycles. The molecule has 0 saturated heterocycles. The van der Waals surface area contributed by atoms with Gasteiger partial charge in [0.1, 0.15) is 12.3 Å².